The molecule has 4 nitrogen and oxygen atoms in total. The number of carboxylic acids is 1. The molecule has 4 heteroatoms. The maximum absolute atomic E-state index is 12.5. The van der Waals surface area contributed by atoms with Crippen molar-refractivity contribution in [1.29, 1.82) is 0 Å². The van der Waals surface area contributed by atoms with Gasteiger partial charge >= 0.3 is 5.97 Å². The number of amides is 1. The predicted octanol–water partition coefficient (Wildman–Crippen LogP) is 2.38. The third-order valence-corrected chi connectivity index (χ3v) is 4.40. The summed E-state index contributed by atoms with van der Waals surface area (Å²) in [6, 6.07) is 7.04. The van der Waals surface area contributed by atoms with Crippen molar-refractivity contribution < 1.29 is 14.7 Å². The van der Waals surface area contributed by atoms with Gasteiger partial charge in [-0.2, -0.15) is 0 Å². The second-order valence-electron chi connectivity index (χ2n) is 5.82. The minimum absolute atomic E-state index is 0.0477. The molecule has 0 aromatic heterocycles. The van der Waals surface area contributed by atoms with Crippen molar-refractivity contribution in [2.45, 2.75) is 38.3 Å². The first-order valence-corrected chi connectivity index (χ1v) is 7.41. The molecule has 110 valence electrons. The lowest BCUT2D eigenvalue weighted by Crippen LogP contribution is -2.48. The summed E-state index contributed by atoms with van der Waals surface area (Å²) in [5.74, 6) is -0.697. The van der Waals surface area contributed by atoms with E-state index in [9.17, 15) is 14.7 Å². The monoisotopic (exact) mass is 285 g/mol. The Balaban J connectivity index is 1.80. The molecule has 0 spiro atoms. The highest BCUT2D eigenvalue weighted by Crippen LogP contribution is 2.27. The molecule has 1 aliphatic carbocycles. The molecule has 1 amide bonds. The predicted molar refractivity (Wildman–Crippen MR) is 78.6 cm³/mol. The molecule has 2 atom stereocenters. The third kappa shape index (κ3) is 2.84. The van der Waals surface area contributed by atoms with Gasteiger partial charge in [-0.05, 0) is 29.9 Å². The maximum atomic E-state index is 12.5. The quantitative estimate of drug-likeness (QED) is 0.867. The van der Waals surface area contributed by atoms with Crippen LogP contribution >= 0.6 is 0 Å². The molecule has 1 N–H and O–H groups in total. The van der Waals surface area contributed by atoms with Crippen molar-refractivity contribution in [2.24, 2.45) is 5.92 Å². The average molecular weight is 285 g/mol. The minimum Gasteiger partial charge on any atom is -0.480 e. The van der Waals surface area contributed by atoms with E-state index >= 15 is 0 Å². The van der Waals surface area contributed by atoms with Gasteiger partial charge in [-0.15, -0.1) is 0 Å². The van der Waals surface area contributed by atoms with E-state index in [1.807, 2.05) is 24.3 Å². The van der Waals surface area contributed by atoms with Gasteiger partial charge in [0.2, 0.25) is 5.91 Å². The lowest BCUT2D eigenvalue weighted by molar-refractivity contribution is -0.151. The van der Waals surface area contributed by atoms with Gasteiger partial charge in [0.1, 0.15) is 6.04 Å². The van der Waals surface area contributed by atoms with Crippen LogP contribution in [0.15, 0.2) is 36.4 Å². The molecule has 1 heterocycles. The summed E-state index contributed by atoms with van der Waals surface area (Å²) in [6.07, 6.45) is 7.00. The van der Waals surface area contributed by atoms with Crippen molar-refractivity contribution in [3.05, 3.63) is 47.5 Å². The van der Waals surface area contributed by atoms with Crippen molar-refractivity contribution >= 4 is 11.9 Å². The number of rotatable bonds is 3. The summed E-state index contributed by atoms with van der Waals surface area (Å²) >= 11 is 0. The highest BCUT2D eigenvalue weighted by Gasteiger charge is 2.34. The number of hydrogen-bond donors (Lipinski definition) is 1. The summed E-state index contributed by atoms with van der Waals surface area (Å²) in [5, 5.41) is 9.44. The lowest BCUT2D eigenvalue weighted by atomic mass is 9.93. The number of fused-ring (bicyclic) bond motifs is 1. The summed E-state index contributed by atoms with van der Waals surface area (Å²) in [5.41, 5.74) is 2.10. The van der Waals surface area contributed by atoms with Crippen LogP contribution in [0, 0.1) is 5.92 Å². The number of hydrogen-bond acceptors (Lipinski definition) is 2. The van der Waals surface area contributed by atoms with Crippen LogP contribution in [0.1, 0.15) is 30.4 Å². The molecule has 0 fully saturated rings. The van der Waals surface area contributed by atoms with Crippen LogP contribution in [0.4, 0.5) is 0 Å². The number of aliphatic carboxylic acids is 1. The van der Waals surface area contributed by atoms with Gasteiger partial charge in [-0.25, -0.2) is 4.79 Å². The molecule has 0 radical (unpaired) electrons. The second kappa shape index (κ2) is 5.72. The largest absolute Gasteiger partial charge is 0.480 e. The smallest absolute Gasteiger partial charge is 0.326 e. The fourth-order valence-corrected chi connectivity index (χ4v) is 3.21. The van der Waals surface area contributed by atoms with E-state index in [-0.39, 0.29) is 11.8 Å². The van der Waals surface area contributed by atoms with Crippen LogP contribution in [0.5, 0.6) is 0 Å². The summed E-state index contributed by atoms with van der Waals surface area (Å²) in [4.78, 5) is 25.6. The van der Waals surface area contributed by atoms with Crippen molar-refractivity contribution in [3.63, 3.8) is 0 Å². The zero-order valence-electron chi connectivity index (χ0n) is 11.9. The van der Waals surface area contributed by atoms with Crippen LogP contribution < -0.4 is 0 Å². The molecule has 1 aliphatic heterocycles. The van der Waals surface area contributed by atoms with E-state index in [1.165, 1.54) is 4.90 Å². The number of allylic oxidation sites excluding steroid dienone is 2. The highest BCUT2D eigenvalue weighted by molar-refractivity contribution is 5.84. The molecule has 21 heavy (non-hydrogen) atoms. The van der Waals surface area contributed by atoms with Gasteiger partial charge in [-0.3, -0.25) is 4.79 Å². The van der Waals surface area contributed by atoms with Crippen LogP contribution in [0.2, 0.25) is 0 Å². The molecular weight excluding hydrogens is 266 g/mol. The normalized spacial score (nSPS) is 23.9. The molecule has 0 unspecified atom stereocenters. The van der Waals surface area contributed by atoms with Gasteiger partial charge in [-0.1, -0.05) is 36.4 Å². The van der Waals surface area contributed by atoms with Gasteiger partial charge in [0.05, 0.1) is 0 Å². The van der Waals surface area contributed by atoms with Gasteiger partial charge in [0.15, 0.2) is 0 Å². The summed E-state index contributed by atoms with van der Waals surface area (Å²) in [7, 11) is 0. The number of benzene rings is 1. The summed E-state index contributed by atoms with van der Waals surface area (Å²) < 4.78 is 0. The minimum atomic E-state index is -0.917. The highest BCUT2D eigenvalue weighted by atomic mass is 16.4. The third-order valence-electron chi connectivity index (χ3n) is 4.40. The van der Waals surface area contributed by atoms with E-state index in [0.29, 0.717) is 19.4 Å². The Kier molecular flexibility index (Phi) is 3.78. The average Bonchev–Trinajstić information content (AvgIpc) is 2.98. The molecular formula is C17H19NO3. The molecule has 3 rings (SSSR count). The zero-order valence-corrected chi connectivity index (χ0v) is 11.9. The Morgan fingerprint density at radius 2 is 2.00 bits per heavy atom. The number of nitrogens with zero attached hydrogens (tertiary/aromatic N) is 1. The Bertz CT molecular complexity index is 593. The standard InChI is InChI=1S/C17H19NO3/c19-16(9-12-5-1-2-6-12)18-11-14-8-4-3-7-13(14)10-15(18)17(20)21/h1,3-5,7-8,12,15H,2,6,9-11H2,(H,20,21)/t12-,15+/m0/s1. The van der Waals surface area contributed by atoms with E-state index in [4.69, 9.17) is 0 Å². The fraction of sp³-hybridized carbons (Fsp3) is 0.412. The van der Waals surface area contributed by atoms with Gasteiger partial charge in [0, 0.05) is 19.4 Å². The molecule has 1 aromatic rings. The van der Waals surface area contributed by atoms with Crippen LogP contribution in [-0.4, -0.2) is 27.9 Å². The summed E-state index contributed by atoms with van der Waals surface area (Å²) in [6.45, 7) is 0.405. The molecule has 1 aromatic carbocycles. The molecule has 0 saturated heterocycles. The lowest BCUT2D eigenvalue weighted by Gasteiger charge is -2.35. The second-order valence-corrected chi connectivity index (χ2v) is 5.82. The number of carboxylic acid groups (broad SMARTS) is 1. The first-order valence-electron chi connectivity index (χ1n) is 7.41. The van der Waals surface area contributed by atoms with Crippen molar-refractivity contribution in [1.82, 2.24) is 4.90 Å². The Labute approximate surface area is 124 Å². The van der Waals surface area contributed by atoms with E-state index < -0.39 is 12.0 Å². The Morgan fingerprint density at radius 1 is 1.24 bits per heavy atom. The van der Waals surface area contributed by atoms with E-state index in [2.05, 4.69) is 12.2 Å². The first-order chi connectivity index (χ1) is 10.1. The fourth-order valence-electron chi connectivity index (χ4n) is 3.21. The number of carbonyl (C=O) groups excluding carboxylic acids is 1. The van der Waals surface area contributed by atoms with E-state index in [0.717, 1.165) is 24.0 Å². The van der Waals surface area contributed by atoms with Crippen molar-refractivity contribution in [2.75, 3.05) is 0 Å². The van der Waals surface area contributed by atoms with Crippen LogP contribution in [0.3, 0.4) is 0 Å². The van der Waals surface area contributed by atoms with Gasteiger partial charge < -0.3 is 10.0 Å². The molecule has 2 aliphatic rings. The van der Waals surface area contributed by atoms with Gasteiger partial charge in [0.25, 0.3) is 0 Å². The Hall–Kier alpha value is -2.10. The molecule has 0 bridgehead atoms. The number of carbonyl (C=O) groups is 2. The van der Waals surface area contributed by atoms with Crippen molar-refractivity contribution in [3.8, 4) is 0 Å². The SMILES string of the molecule is O=C(O)[C@H]1Cc2ccccc2CN1C(=O)C[C@H]1C=CCC1. The maximum Gasteiger partial charge on any atom is 0.326 e. The first kappa shape index (κ1) is 13.9. The zero-order chi connectivity index (χ0) is 14.8. The van der Waals surface area contributed by atoms with E-state index in [1.54, 1.807) is 0 Å². The molecule has 0 saturated carbocycles. The Morgan fingerprint density at radius 3 is 2.67 bits per heavy atom. The van der Waals surface area contributed by atoms with Crippen LogP contribution in [-0.2, 0) is 22.6 Å². The van der Waals surface area contributed by atoms with Crippen LogP contribution in [0.25, 0.3) is 0 Å². The topological polar surface area (TPSA) is 57.6 Å².